The minimum Gasteiger partial charge on any atom is -0.480 e. The summed E-state index contributed by atoms with van der Waals surface area (Å²) in [6.07, 6.45) is 3.26. The van der Waals surface area contributed by atoms with Crippen molar-refractivity contribution in [2.24, 2.45) is 0 Å². The number of nitrogens with zero attached hydrogens (tertiary/aromatic N) is 1. The number of carboxylic acid groups (broad SMARTS) is 1. The maximum atomic E-state index is 11.0. The van der Waals surface area contributed by atoms with E-state index in [1.807, 2.05) is 14.1 Å². The van der Waals surface area contributed by atoms with Crippen molar-refractivity contribution < 1.29 is 9.90 Å². The van der Waals surface area contributed by atoms with Crippen LogP contribution in [0.2, 0.25) is 0 Å². The van der Waals surface area contributed by atoms with Gasteiger partial charge in [0.15, 0.2) is 0 Å². The van der Waals surface area contributed by atoms with Crippen LogP contribution < -0.4 is 5.32 Å². The molecule has 4 nitrogen and oxygen atoms in total. The first kappa shape index (κ1) is 10.5. The summed E-state index contributed by atoms with van der Waals surface area (Å²) >= 11 is 0. The second-order valence-corrected chi connectivity index (χ2v) is 3.80. The molecule has 0 aromatic rings. The Bertz CT molecular complexity index is 176. The Kier molecular flexibility index (Phi) is 3.69. The number of carboxylic acids is 1. The Morgan fingerprint density at radius 2 is 2.23 bits per heavy atom. The van der Waals surface area contributed by atoms with Crippen LogP contribution in [0, 0.1) is 0 Å². The number of carbonyl (C=O) groups is 1. The lowest BCUT2D eigenvalue weighted by Gasteiger charge is -2.32. The summed E-state index contributed by atoms with van der Waals surface area (Å²) in [4.78, 5) is 12.7. The zero-order valence-corrected chi connectivity index (χ0v) is 8.29. The Labute approximate surface area is 78.9 Å². The minimum absolute atomic E-state index is 0.112. The van der Waals surface area contributed by atoms with E-state index in [0.717, 1.165) is 25.8 Å². The van der Waals surface area contributed by atoms with E-state index in [2.05, 4.69) is 5.32 Å². The fraction of sp³-hybridized carbons (Fsp3) is 0.889. The molecule has 0 bridgehead atoms. The van der Waals surface area contributed by atoms with E-state index in [1.165, 1.54) is 0 Å². The molecule has 2 unspecified atom stereocenters. The number of hydrogen-bond donors (Lipinski definition) is 2. The van der Waals surface area contributed by atoms with E-state index in [4.69, 9.17) is 5.11 Å². The first-order valence-electron chi connectivity index (χ1n) is 4.75. The highest BCUT2D eigenvalue weighted by Crippen LogP contribution is 2.13. The number of piperidine rings is 1. The molecule has 0 radical (unpaired) electrons. The van der Waals surface area contributed by atoms with E-state index < -0.39 is 5.97 Å². The summed E-state index contributed by atoms with van der Waals surface area (Å²) in [6, 6.07) is -0.276. The van der Waals surface area contributed by atoms with Crippen LogP contribution in [0.25, 0.3) is 0 Å². The molecule has 1 saturated heterocycles. The molecule has 0 amide bonds. The second kappa shape index (κ2) is 4.58. The molecule has 1 aliphatic heterocycles. The predicted octanol–water partition coefficient (Wildman–Crippen LogP) is 0.143. The molecule has 1 fully saturated rings. The van der Waals surface area contributed by atoms with Crippen molar-refractivity contribution in [2.75, 3.05) is 20.6 Å². The van der Waals surface area contributed by atoms with Gasteiger partial charge in [0.1, 0.15) is 6.04 Å². The summed E-state index contributed by atoms with van der Waals surface area (Å²) in [6.45, 7) is 0.947. The molecule has 1 rings (SSSR count). The number of aliphatic carboxylic acids is 1. The van der Waals surface area contributed by atoms with Gasteiger partial charge < -0.3 is 10.4 Å². The smallest absolute Gasteiger partial charge is 0.322 e. The van der Waals surface area contributed by atoms with Crippen LogP contribution >= 0.6 is 0 Å². The number of nitrogens with one attached hydrogen (secondary N) is 1. The Morgan fingerprint density at radius 3 is 2.62 bits per heavy atom. The average molecular weight is 186 g/mol. The second-order valence-electron chi connectivity index (χ2n) is 3.80. The first-order chi connectivity index (χ1) is 6.13. The zero-order valence-electron chi connectivity index (χ0n) is 8.29. The van der Waals surface area contributed by atoms with Gasteiger partial charge in [-0.3, -0.25) is 9.69 Å². The van der Waals surface area contributed by atoms with Crippen LogP contribution in [0.3, 0.4) is 0 Å². The molecule has 4 heteroatoms. The Morgan fingerprint density at radius 1 is 1.54 bits per heavy atom. The normalized spacial score (nSPS) is 25.9. The van der Waals surface area contributed by atoms with Gasteiger partial charge in [-0.25, -0.2) is 0 Å². The SMILES string of the molecule is CN(C)C(C(=O)O)C1CCCCN1. The quantitative estimate of drug-likeness (QED) is 0.658. The summed E-state index contributed by atoms with van der Waals surface area (Å²) < 4.78 is 0. The predicted molar refractivity (Wildman–Crippen MR) is 50.8 cm³/mol. The molecule has 1 heterocycles. The molecule has 0 saturated carbocycles. The third-order valence-corrected chi connectivity index (χ3v) is 2.54. The molecule has 0 aromatic heterocycles. The lowest BCUT2D eigenvalue weighted by Crippen LogP contribution is -2.53. The molecule has 13 heavy (non-hydrogen) atoms. The molecule has 76 valence electrons. The van der Waals surface area contributed by atoms with Gasteiger partial charge in [-0.1, -0.05) is 6.42 Å². The fourth-order valence-corrected chi connectivity index (χ4v) is 1.90. The van der Waals surface area contributed by atoms with Crippen molar-refractivity contribution in [1.29, 1.82) is 0 Å². The largest absolute Gasteiger partial charge is 0.480 e. The van der Waals surface area contributed by atoms with Crippen LogP contribution in [0.15, 0.2) is 0 Å². The standard InChI is InChI=1S/C9H18N2O2/c1-11(2)8(9(12)13)7-5-3-4-6-10-7/h7-8,10H,3-6H2,1-2H3,(H,12,13). The van der Waals surface area contributed by atoms with Gasteiger partial charge >= 0.3 is 5.97 Å². The fourth-order valence-electron chi connectivity index (χ4n) is 1.90. The maximum Gasteiger partial charge on any atom is 0.322 e. The van der Waals surface area contributed by atoms with Gasteiger partial charge in [0, 0.05) is 6.04 Å². The van der Waals surface area contributed by atoms with E-state index >= 15 is 0 Å². The maximum absolute atomic E-state index is 11.0. The van der Waals surface area contributed by atoms with E-state index in [9.17, 15) is 4.79 Å². The zero-order chi connectivity index (χ0) is 9.84. The lowest BCUT2D eigenvalue weighted by atomic mass is 9.97. The van der Waals surface area contributed by atoms with Gasteiger partial charge in [0.05, 0.1) is 0 Å². The van der Waals surface area contributed by atoms with Gasteiger partial charge in [-0.2, -0.15) is 0 Å². The Balaban J connectivity index is 2.57. The molecule has 2 atom stereocenters. The van der Waals surface area contributed by atoms with Crippen LogP contribution in [0.1, 0.15) is 19.3 Å². The van der Waals surface area contributed by atoms with Crippen molar-refractivity contribution in [3.05, 3.63) is 0 Å². The first-order valence-corrected chi connectivity index (χ1v) is 4.75. The number of likely N-dealkylation sites (N-methyl/N-ethyl adjacent to an activating group) is 1. The third kappa shape index (κ3) is 2.67. The minimum atomic E-state index is -0.732. The summed E-state index contributed by atoms with van der Waals surface area (Å²) in [5.74, 6) is -0.732. The molecular weight excluding hydrogens is 168 g/mol. The van der Waals surface area contributed by atoms with Gasteiger partial charge in [0.2, 0.25) is 0 Å². The highest BCUT2D eigenvalue weighted by atomic mass is 16.4. The average Bonchev–Trinajstić information content (AvgIpc) is 2.04. The molecule has 1 aliphatic rings. The van der Waals surface area contributed by atoms with Crippen LogP contribution in [-0.2, 0) is 4.79 Å². The highest BCUT2D eigenvalue weighted by molar-refractivity contribution is 5.74. The van der Waals surface area contributed by atoms with Crippen molar-refractivity contribution in [3.8, 4) is 0 Å². The topological polar surface area (TPSA) is 52.6 Å². The van der Waals surface area contributed by atoms with Crippen LogP contribution in [-0.4, -0.2) is 48.7 Å². The number of hydrogen-bond acceptors (Lipinski definition) is 3. The Hall–Kier alpha value is -0.610. The van der Waals surface area contributed by atoms with Crippen molar-refractivity contribution in [3.63, 3.8) is 0 Å². The van der Waals surface area contributed by atoms with Crippen molar-refractivity contribution in [1.82, 2.24) is 10.2 Å². The van der Waals surface area contributed by atoms with E-state index in [0.29, 0.717) is 0 Å². The van der Waals surface area contributed by atoms with Crippen molar-refractivity contribution in [2.45, 2.75) is 31.3 Å². The van der Waals surface area contributed by atoms with Crippen molar-refractivity contribution >= 4 is 5.97 Å². The monoisotopic (exact) mass is 186 g/mol. The van der Waals surface area contributed by atoms with Gasteiger partial charge in [-0.05, 0) is 33.5 Å². The van der Waals surface area contributed by atoms with Crippen LogP contribution in [0.4, 0.5) is 0 Å². The lowest BCUT2D eigenvalue weighted by molar-refractivity contribution is -0.143. The molecule has 0 aliphatic carbocycles. The van der Waals surface area contributed by atoms with Gasteiger partial charge in [0.25, 0.3) is 0 Å². The third-order valence-electron chi connectivity index (χ3n) is 2.54. The summed E-state index contributed by atoms with van der Waals surface area (Å²) in [7, 11) is 3.63. The molecule has 0 aromatic carbocycles. The number of rotatable bonds is 3. The highest BCUT2D eigenvalue weighted by Gasteiger charge is 2.30. The van der Waals surface area contributed by atoms with Crippen LogP contribution in [0.5, 0.6) is 0 Å². The molecule has 0 spiro atoms. The summed E-state index contributed by atoms with van der Waals surface area (Å²) in [5.41, 5.74) is 0. The molecule has 2 N–H and O–H groups in total. The summed E-state index contributed by atoms with van der Waals surface area (Å²) in [5, 5.41) is 12.3. The molecular formula is C9H18N2O2. The van der Waals surface area contributed by atoms with E-state index in [-0.39, 0.29) is 12.1 Å². The van der Waals surface area contributed by atoms with Gasteiger partial charge in [-0.15, -0.1) is 0 Å². The van der Waals surface area contributed by atoms with E-state index in [1.54, 1.807) is 4.90 Å².